The molecule has 2 aromatic rings. The maximum atomic E-state index is 12.4. The van der Waals surface area contributed by atoms with Crippen molar-refractivity contribution in [1.82, 2.24) is 4.98 Å². The monoisotopic (exact) mass is 357 g/mol. The van der Waals surface area contributed by atoms with Gasteiger partial charge in [-0.1, -0.05) is 6.42 Å². The molecule has 0 fully saturated rings. The third-order valence-electron chi connectivity index (χ3n) is 4.24. The number of H-pyrrole nitrogens is 1. The third kappa shape index (κ3) is 3.74. The van der Waals surface area contributed by atoms with Crippen LogP contribution in [0, 0.1) is 11.3 Å². The number of aromatic amines is 1. The number of hydrogen-bond acceptors (Lipinski definition) is 5. The molecule has 0 unspecified atom stereocenters. The van der Waals surface area contributed by atoms with Crippen LogP contribution in [0.15, 0.2) is 18.3 Å². The van der Waals surface area contributed by atoms with Crippen LogP contribution in [0.25, 0.3) is 0 Å². The topological polar surface area (TPSA) is 95.0 Å². The maximum Gasteiger partial charge on any atom is 0.355 e. The zero-order chi connectivity index (χ0) is 17.8. The minimum absolute atomic E-state index is 0.292. The number of amides is 1. The van der Waals surface area contributed by atoms with E-state index in [1.165, 1.54) is 29.6 Å². The van der Waals surface area contributed by atoms with Crippen LogP contribution >= 0.6 is 11.3 Å². The number of anilines is 1. The Bertz CT molecular complexity index is 817. The molecule has 1 aliphatic rings. The average Bonchev–Trinajstić information content (AvgIpc) is 3.18. The number of carbonyl (C=O) groups is 2. The van der Waals surface area contributed by atoms with E-state index in [-0.39, 0.29) is 0 Å². The van der Waals surface area contributed by atoms with Gasteiger partial charge in [-0.15, -0.1) is 11.3 Å². The summed E-state index contributed by atoms with van der Waals surface area (Å²) in [6.45, 7) is 1.51. The van der Waals surface area contributed by atoms with Gasteiger partial charge in [0.15, 0.2) is 6.10 Å². The molecule has 1 amide bonds. The quantitative estimate of drug-likeness (QED) is 0.647. The lowest BCUT2D eigenvalue weighted by Crippen LogP contribution is -2.30. The number of fused-ring (bicyclic) bond motifs is 1. The number of carbonyl (C=O) groups excluding carboxylic acids is 2. The van der Waals surface area contributed by atoms with Crippen molar-refractivity contribution in [2.75, 3.05) is 5.32 Å². The fourth-order valence-corrected chi connectivity index (χ4v) is 4.14. The number of ether oxygens (including phenoxy) is 1. The lowest BCUT2D eigenvalue weighted by atomic mass is 10.1. The Morgan fingerprint density at radius 3 is 2.88 bits per heavy atom. The van der Waals surface area contributed by atoms with Gasteiger partial charge in [0.2, 0.25) is 0 Å². The summed E-state index contributed by atoms with van der Waals surface area (Å²) in [6, 6.07) is 5.48. The van der Waals surface area contributed by atoms with E-state index in [0.717, 1.165) is 31.2 Å². The molecule has 0 aliphatic heterocycles. The summed E-state index contributed by atoms with van der Waals surface area (Å²) in [5.74, 6) is -1.03. The molecular weight excluding hydrogens is 338 g/mol. The predicted molar refractivity (Wildman–Crippen MR) is 94.6 cm³/mol. The number of thiophene rings is 1. The van der Waals surface area contributed by atoms with E-state index in [0.29, 0.717) is 16.3 Å². The van der Waals surface area contributed by atoms with Crippen LogP contribution in [0.5, 0.6) is 0 Å². The maximum absolute atomic E-state index is 12.4. The van der Waals surface area contributed by atoms with Crippen LogP contribution in [0.1, 0.15) is 52.7 Å². The van der Waals surface area contributed by atoms with Gasteiger partial charge in [0.05, 0.1) is 5.56 Å². The van der Waals surface area contributed by atoms with E-state index >= 15 is 0 Å². The Balaban J connectivity index is 1.70. The number of nitrogens with zero attached hydrogens (tertiary/aromatic N) is 1. The molecule has 0 spiro atoms. The molecule has 6 nitrogen and oxygen atoms in total. The Morgan fingerprint density at radius 2 is 2.16 bits per heavy atom. The summed E-state index contributed by atoms with van der Waals surface area (Å²) in [7, 11) is 0. The molecule has 130 valence electrons. The van der Waals surface area contributed by atoms with E-state index < -0.39 is 18.0 Å². The van der Waals surface area contributed by atoms with Gasteiger partial charge in [-0.25, -0.2) is 4.79 Å². The van der Waals surface area contributed by atoms with Crippen molar-refractivity contribution in [3.8, 4) is 6.07 Å². The Labute approximate surface area is 149 Å². The normalized spacial score (nSPS) is 14.7. The smallest absolute Gasteiger partial charge is 0.355 e. The molecule has 7 heteroatoms. The highest BCUT2D eigenvalue weighted by atomic mass is 32.1. The highest BCUT2D eigenvalue weighted by Crippen LogP contribution is 2.37. The van der Waals surface area contributed by atoms with Gasteiger partial charge in [0.25, 0.3) is 5.91 Å². The van der Waals surface area contributed by atoms with Gasteiger partial charge in [0, 0.05) is 11.1 Å². The standard InChI is InChI=1S/C18H19N3O3S/c1-11(24-18(23)14-7-5-9-20-14)16(22)21-17-13(10-19)12-6-3-2-4-8-15(12)25-17/h5,7,9,11,20H,2-4,6,8H2,1H3,(H,21,22)/t11-/m1/s1. The first-order valence-electron chi connectivity index (χ1n) is 8.30. The van der Waals surface area contributed by atoms with Crippen LogP contribution in [-0.2, 0) is 22.4 Å². The Morgan fingerprint density at radius 1 is 1.36 bits per heavy atom. The number of aryl methyl sites for hydroxylation is 1. The molecule has 0 saturated carbocycles. The number of nitrogens with one attached hydrogen (secondary N) is 2. The Kier molecular flexibility index (Phi) is 5.19. The first-order valence-corrected chi connectivity index (χ1v) is 9.11. The molecular formula is C18H19N3O3S. The molecule has 0 radical (unpaired) electrons. The van der Waals surface area contributed by atoms with E-state index in [1.54, 1.807) is 18.3 Å². The molecule has 0 saturated heterocycles. The molecule has 2 heterocycles. The van der Waals surface area contributed by atoms with Crippen molar-refractivity contribution in [3.63, 3.8) is 0 Å². The molecule has 0 aromatic carbocycles. The van der Waals surface area contributed by atoms with Crippen LogP contribution < -0.4 is 5.32 Å². The summed E-state index contributed by atoms with van der Waals surface area (Å²) in [5.41, 5.74) is 1.91. The zero-order valence-electron chi connectivity index (χ0n) is 13.9. The lowest BCUT2D eigenvalue weighted by molar-refractivity contribution is -0.123. The Hall–Kier alpha value is -2.59. The molecule has 2 aromatic heterocycles. The number of aromatic nitrogens is 1. The SMILES string of the molecule is C[C@@H](OC(=O)c1ccc[nH]1)C(=O)Nc1sc2c(c1C#N)CCCCC2. The highest BCUT2D eigenvalue weighted by molar-refractivity contribution is 7.16. The first kappa shape index (κ1) is 17.2. The van der Waals surface area contributed by atoms with Gasteiger partial charge >= 0.3 is 5.97 Å². The van der Waals surface area contributed by atoms with Crippen molar-refractivity contribution >= 4 is 28.2 Å². The fraction of sp³-hybridized carbons (Fsp3) is 0.389. The molecule has 3 rings (SSSR count). The van der Waals surface area contributed by atoms with Crippen molar-refractivity contribution in [1.29, 1.82) is 5.26 Å². The van der Waals surface area contributed by atoms with Crippen molar-refractivity contribution in [3.05, 3.63) is 40.0 Å². The van der Waals surface area contributed by atoms with Crippen LogP contribution in [0.3, 0.4) is 0 Å². The number of nitriles is 1. The van der Waals surface area contributed by atoms with E-state index in [2.05, 4.69) is 16.4 Å². The van der Waals surface area contributed by atoms with Gasteiger partial charge in [-0.2, -0.15) is 5.26 Å². The van der Waals surface area contributed by atoms with E-state index in [4.69, 9.17) is 4.74 Å². The number of esters is 1. The minimum Gasteiger partial charge on any atom is -0.448 e. The molecule has 2 N–H and O–H groups in total. The summed E-state index contributed by atoms with van der Waals surface area (Å²) in [6.07, 6.45) is 5.82. The number of hydrogen-bond donors (Lipinski definition) is 2. The largest absolute Gasteiger partial charge is 0.448 e. The van der Waals surface area contributed by atoms with E-state index in [1.807, 2.05) is 0 Å². The summed E-state index contributed by atoms with van der Waals surface area (Å²) in [5, 5.41) is 12.8. The summed E-state index contributed by atoms with van der Waals surface area (Å²) >= 11 is 1.46. The van der Waals surface area contributed by atoms with Gasteiger partial charge < -0.3 is 15.0 Å². The highest BCUT2D eigenvalue weighted by Gasteiger charge is 2.24. The first-order chi connectivity index (χ1) is 12.1. The number of rotatable bonds is 4. The molecule has 1 atom stereocenters. The second-order valence-corrected chi connectivity index (χ2v) is 7.11. The fourth-order valence-electron chi connectivity index (χ4n) is 2.90. The molecule has 25 heavy (non-hydrogen) atoms. The van der Waals surface area contributed by atoms with Gasteiger partial charge in [0.1, 0.15) is 16.8 Å². The summed E-state index contributed by atoms with van der Waals surface area (Å²) in [4.78, 5) is 28.2. The summed E-state index contributed by atoms with van der Waals surface area (Å²) < 4.78 is 5.16. The second-order valence-electron chi connectivity index (χ2n) is 6.00. The molecule has 0 bridgehead atoms. The van der Waals surface area contributed by atoms with E-state index in [9.17, 15) is 14.9 Å². The van der Waals surface area contributed by atoms with Crippen LogP contribution in [0.2, 0.25) is 0 Å². The lowest BCUT2D eigenvalue weighted by Gasteiger charge is -2.12. The van der Waals surface area contributed by atoms with Crippen LogP contribution in [-0.4, -0.2) is 23.0 Å². The predicted octanol–water partition coefficient (Wildman–Crippen LogP) is 3.40. The third-order valence-corrected chi connectivity index (χ3v) is 5.45. The van der Waals surface area contributed by atoms with Gasteiger partial charge in [-0.3, -0.25) is 4.79 Å². The zero-order valence-corrected chi connectivity index (χ0v) is 14.7. The van der Waals surface area contributed by atoms with Crippen molar-refractivity contribution in [2.24, 2.45) is 0 Å². The molecule has 1 aliphatic carbocycles. The van der Waals surface area contributed by atoms with Crippen molar-refractivity contribution < 1.29 is 14.3 Å². The van der Waals surface area contributed by atoms with Crippen molar-refractivity contribution in [2.45, 2.75) is 45.1 Å². The minimum atomic E-state index is -0.954. The second kappa shape index (κ2) is 7.53. The van der Waals surface area contributed by atoms with Gasteiger partial charge in [-0.05, 0) is 50.3 Å². The average molecular weight is 357 g/mol. The van der Waals surface area contributed by atoms with Crippen LogP contribution in [0.4, 0.5) is 5.00 Å².